The second kappa shape index (κ2) is 8.21. The molecular weight excluding hydrogens is 316 g/mol. The number of aryl methyl sites for hydroxylation is 1. The Hall–Kier alpha value is -2.27. The van der Waals surface area contributed by atoms with Crippen LogP contribution in [-0.2, 0) is 0 Å². The fraction of sp³-hybridized carbons (Fsp3) is 0.450. The van der Waals surface area contributed by atoms with Gasteiger partial charge in [-0.3, -0.25) is 9.69 Å². The van der Waals surface area contributed by atoms with Crippen molar-refractivity contribution < 1.29 is 13.9 Å². The molecule has 0 aliphatic carbocycles. The lowest BCUT2D eigenvalue weighted by molar-refractivity contribution is 0.0896. The van der Waals surface area contributed by atoms with Crippen molar-refractivity contribution in [3.05, 3.63) is 53.5 Å². The van der Waals surface area contributed by atoms with E-state index in [0.717, 1.165) is 24.4 Å². The first-order chi connectivity index (χ1) is 12.2. The van der Waals surface area contributed by atoms with E-state index in [1.165, 1.54) is 24.8 Å². The molecule has 1 aliphatic rings. The molecule has 0 radical (unpaired) electrons. The number of furan rings is 1. The second-order valence-corrected chi connectivity index (χ2v) is 6.53. The summed E-state index contributed by atoms with van der Waals surface area (Å²) in [5.74, 6) is 1.08. The van der Waals surface area contributed by atoms with E-state index in [1.807, 2.05) is 19.1 Å². The van der Waals surface area contributed by atoms with Gasteiger partial charge in [-0.05, 0) is 56.6 Å². The maximum Gasteiger partial charge on any atom is 0.287 e. The molecule has 1 fully saturated rings. The monoisotopic (exact) mass is 342 g/mol. The van der Waals surface area contributed by atoms with Gasteiger partial charge in [-0.25, -0.2) is 0 Å². The van der Waals surface area contributed by atoms with E-state index in [-0.39, 0.29) is 11.9 Å². The van der Waals surface area contributed by atoms with Crippen molar-refractivity contribution >= 4 is 5.91 Å². The molecule has 134 valence electrons. The van der Waals surface area contributed by atoms with Crippen LogP contribution >= 0.6 is 0 Å². The van der Waals surface area contributed by atoms with Crippen LogP contribution < -0.4 is 10.1 Å². The molecular formula is C20H26N2O3. The van der Waals surface area contributed by atoms with Gasteiger partial charge in [0.2, 0.25) is 0 Å². The van der Waals surface area contributed by atoms with Gasteiger partial charge in [0.15, 0.2) is 5.76 Å². The summed E-state index contributed by atoms with van der Waals surface area (Å²) in [5.41, 5.74) is 2.05. The highest BCUT2D eigenvalue weighted by molar-refractivity contribution is 5.92. The van der Waals surface area contributed by atoms with Crippen molar-refractivity contribution in [3.63, 3.8) is 0 Å². The Morgan fingerprint density at radius 3 is 2.52 bits per heavy atom. The van der Waals surface area contributed by atoms with Gasteiger partial charge < -0.3 is 14.5 Å². The number of nitrogens with one attached hydrogen (secondary N) is 1. The molecule has 1 amide bonds. The number of benzene rings is 1. The number of carbonyl (C=O) groups is 1. The lowest BCUT2D eigenvalue weighted by Gasteiger charge is -2.35. The van der Waals surface area contributed by atoms with E-state index in [1.54, 1.807) is 19.4 Å². The minimum absolute atomic E-state index is 0.155. The third-order valence-corrected chi connectivity index (χ3v) is 4.86. The van der Waals surface area contributed by atoms with E-state index in [2.05, 4.69) is 22.3 Å². The molecule has 1 aromatic heterocycles. The minimum Gasteiger partial charge on any atom is -0.497 e. The third-order valence-electron chi connectivity index (χ3n) is 4.86. The van der Waals surface area contributed by atoms with Crippen LogP contribution in [-0.4, -0.2) is 37.6 Å². The number of hydrogen-bond donors (Lipinski definition) is 1. The highest BCUT2D eigenvalue weighted by atomic mass is 16.5. The average molecular weight is 342 g/mol. The van der Waals surface area contributed by atoms with Crippen molar-refractivity contribution in [1.29, 1.82) is 0 Å². The Kier molecular flexibility index (Phi) is 5.76. The van der Waals surface area contributed by atoms with Crippen LogP contribution in [0.3, 0.4) is 0 Å². The number of likely N-dealkylation sites (tertiary alicyclic amines) is 1. The van der Waals surface area contributed by atoms with Crippen LogP contribution in [0.4, 0.5) is 0 Å². The molecule has 1 aromatic carbocycles. The number of methoxy groups -OCH3 is 1. The highest BCUT2D eigenvalue weighted by Crippen LogP contribution is 2.26. The lowest BCUT2D eigenvalue weighted by atomic mass is 10.0. The number of nitrogens with zero attached hydrogens (tertiary/aromatic N) is 1. The van der Waals surface area contributed by atoms with Crippen LogP contribution in [0.5, 0.6) is 5.75 Å². The summed E-state index contributed by atoms with van der Waals surface area (Å²) in [4.78, 5) is 14.9. The van der Waals surface area contributed by atoms with E-state index >= 15 is 0 Å². The predicted molar refractivity (Wildman–Crippen MR) is 96.9 cm³/mol. The molecule has 2 heterocycles. The predicted octanol–water partition coefficient (Wildman–Crippen LogP) is 3.55. The van der Waals surface area contributed by atoms with E-state index < -0.39 is 0 Å². The van der Waals surface area contributed by atoms with Gasteiger partial charge in [-0.15, -0.1) is 0 Å². The molecule has 5 heteroatoms. The Labute approximate surface area is 149 Å². The van der Waals surface area contributed by atoms with Crippen LogP contribution in [0, 0.1) is 6.92 Å². The first-order valence-electron chi connectivity index (χ1n) is 8.89. The van der Waals surface area contributed by atoms with Gasteiger partial charge >= 0.3 is 0 Å². The zero-order valence-corrected chi connectivity index (χ0v) is 15.0. The van der Waals surface area contributed by atoms with Gasteiger partial charge in [0.25, 0.3) is 5.91 Å². The average Bonchev–Trinajstić information content (AvgIpc) is 3.09. The summed E-state index contributed by atoms with van der Waals surface area (Å²) in [6.07, 6.45) is 5.25. The number of hydrogen-bond acceptors (Lipinski definition) is 4. The summed E-state index contributed by atoms with van der Waals surface area (Å²) >= 11 is 0. The Balaban J connectivity index is 1.73. The van der Waals surface area contributed by atoms with Crippen molar-refractivity contribution in [3.8, 4) is 5.75 Å². The summed E-state index contributed by atoms with van der Waals surface area (Å²) in [5, 5.41) is 3.04. The Morgan fingerprint density at radius 2 is 1.92 bits per heavy atom. The van der Waals surface area contributed by atoms with E-state index in [9.17, 15) is 4.79 Å². The molecule has 0 saturated carbocycles. The third kappa shape index (κ3) is 4.23. The summed E-state index contributed by atoms with van der Waals surface area (Å²) in [7, 11) is 1.67. The molecule has 5 nitrogen and oxygen atoms in total. The fourth-order valence-corrected chi connectivity index (χ4v) is 3.39. The van der Waals surface area contributed by atoms with Crippen LogP contribution in [0.2, 0.25) is 0 Å². The number of carbonyl (C=O) groups excluding carboxylic acids is 1. The zero-order chi connectivity index (χ0) is 17.6. The molecule has 0 spiro atoms. The molecule has 2 aromatic rings. The minimum atomic E-state index is -0.155. The fourth-order valence-electron chi connectivity index (χ4n) is 3.39. The number of piperidine rings is 1. The van der Waals surface area contributed by atoms with Gasteiger partial charge in [0.05, 0.1) is 19.4 Å². The molecule has 1 unspecified atom stereocenters. The maximum atomic E-state index is 12.4. The van der Waals surface area contributed by atoms with E-state index in [0.29, 0.717) is 12.3 Å². The number of rotatable bonds is 6. The molecule has 1 saturated heterocycles. The first-order valence-corrected chi connectivity index (χ1v) is 8.89. The van der Waals surface area contributed by atoms with Crippen molar-refractivity contribution in [2.75, 3.05) is 26.7 Å². The molecule has 1 N–H and O–H groups in total. The van der Waals surface area contributed by atoms with Crippen molar-refractivity contribution in [2.24, 2.45) is 0 Å². The second-order valence-electron chi connectivity index (χ2n) is 6.53. The SMILES string of the molecule is COc1ccc(C(CNC(=O)c2occc2C)N2CCCCC2)cc1. The topological polar surface area (TPSA) is 54.7 Å². The summed E-state index contributed by atoms with van der Waals surface area (Å²) in [6, 6.07) is 10.1. The van der Waals surface area contributed by atoms with Crippen LogP contribution in [0.1, 0.15) is 47.0 Å². The van der Waals surface area contributed by atoms with Crippen molar-refractivity contribution in [1.82, 2.24) is 10.2 Å². The molecule has 1 atom stereocenters. The summed E-state index contributed by atoms with van der Waals surface area (Å²) in [6.45, 7) is 4.56. The zero-order valence-electron chi connectivity index (χ0n) is 15.0. The van der Waals surface area contributed by atoms with Crippen molar-refractivity contribution in [2.45, 2.75) is 32.2 Å². The lowest BCUT2D eigenvalue weighted by Crippen LogP contribution is -2.40. The Morgan fingerprint density at radius 1 is 1.20 bits per heavy atom. The normalized spacial score (nSPS) is 16.4. The number of ether oxygens (including phenoxy) is 1. The van der Waals surface area contributed by atoms with Gasteiger partial charge in [0.1, 0.15) is 5.75 Å². The maximum absolute atomic E-state index is 12.4. The molecule has 1 aliphatic heterocycles. The van der Waals surface area contributed by atoms with Crippen LogP contribution in [0.15, 0.2) is 41.0 Å². The number of amides is 1. The standard InChI is InChI=1S/C20H26N2O3/c1-15-10-13-25-19(15)20(23)21-14-18(22-11-4-3-5-12-22)16-6-8-17(24-2)9-7-16/h6-10,13,18H,3-5,11-12,14H2,1-2H3,(H,21,23). The Bertz CT molecular complexity index is 687. The highest BCUT2D eigenvalue weighted by Gasteiger charge is 2.24. The molecule has 0 bridgehead atoms. The quantitative estimate of drug-likeness (QED) is 0.872. The largest absolute Gasteiger partial charge is 0.497 e. The molecule has 25 heavy (non-hydrogen) atoms. The molecule has 3 rings (SSSR count). The smallest absolute Gasteiger partial charge is 0.287 e. The van der Waals surface area contributed by atoms with Gasteiger partial charge in [0, 0.05) is 12.1 Å². The first kappa shape index (κ1) is 17.5. The van der Waals surface area contributed by atoms with Gasteiger partial charge in [-0.2, -0.15) is 0 Å². The van der Waals surface area contributed by atoms with E-state index in [4.69, 9.17) is 9.15 Å². The van der Waals surface area contributed by atoms with Gasteiger partial charge in [-0.1, -0.05) is 18.6 Å². The van der Waals surface area contributed by atoms with Crippen LogP contribution in [0.25, 0.3) is 0 Å². The summed E-state index contributed by atoms with van der Waals surface area (Å²) < 4.78 is 10.6.